The number of ether oxygens (including phenoxy) is 1. The van der Waals surface area contributed by atoms with Gasteiger partial charge in [0, 0.05) is 6.54 Å². The molecular weight excluding hydrogens is 314 g/mol. The maximum atomic E-state index is 12.5. The molecule has 0 unspecified atom stereocenters. The Labute approximate surface area is 140 Å². The maximum absolute atomic E-state index is 12.5. The predicted molar refractivity (Wildman–Crippen MR) is 83.5 cm³/mol. The Morgan fingerprint density at radius 2 is 2.00 bits per heavy atom. The minimum Gasteiger partial charge on any atom is -0.456 e. The van der Waals surface area contributed by atoms with Crippen LogP contribution in [0.4, 0.5) is 4.79 Å². The van der Waals surface area contributed by atoms with Crippen LogP contribution in [-0.4, -0.2) is 54.0 Å². The van der Waals surface area contributed by atoms with Crippen LogP contribution in [0.1, 0.15) is 38.5 Å². The van der Waals surface area contributed by atoms with Gasteiger partial charge in [0.15, 0.2) is 6.61 Å². The highest BCUT2D eigenvalue weighted by Gasteiger charge is 2.51. The number of carbonyl (C=O) groups is 4. The van der Waals surface area contributed by atoms with Crippen molar-refractivity contribution in [1.82, 2.24) is 15.5 Å². The molecule has 8 heteroatoms. The van der Waals surface area contributed by atoms with Gasteiger partial charge >= 0.3 is 12.0 Å². The summed E-state index contributed by atoms with van der Waals surface area (Å²) >= 11 is 0. The number of hydrogen-bond acceptors (Lipinski definition) is 5. The highest BCUT2D eigenvalue weighted by molar-refractivity contribution is 6.07. The van der Waals surface area contributed by atoms with Crippen LogP contribution in [0.25, 0.3) is 0 Å². The molecule has 1 saturated carbocycles. The Balaban J connectivity index is 1.78. The fraction of sp³-hybridized carbons (Fsp3) is 0.625. The van der Waals surface area contributed by atoms with Gasteiger partial charge in [-0.1, -0.05) is 25.2 Å². The average Bonchev–Trinajstić information content (AvgIpc) is 2.80. The van der Waals surface area contributed by atoms with Crippen molar-refractivity contribution in [3.05, 3.63) is 0 Å². The molecule has 2 fully saturated rings. The van der Waals surface area contributed by atoms with Crippen molar-refractivity contribution < 1.29 is 23.9 Å². The van der Waals surface area contributed by atoms with Gasteiger partial charge in [-0.15, -0.1) is 6.42 Å². The summed E-state index contributed by atoms with van der Waals surface area (Å²) < 4.78 is 4.78. The summed E-state index contributed by atoms with van der Waals surface area (Å²) in [5.41, 5.74) is -0.797. The summed E-state index contributed by atoms with van der Waals surface area (Å²) in [5, 5.41) is 5.13. The molecule has 2 rings (SSSR count). The Hall–Kier alpha value is -2.56. The Morgan fingerprint density at radius 3 is 2.67 bits per heavy atom. The maximum Gasteiger partial charge on any atom is 0.325 e. The predicted octanol–water partition coefficient (Wildman–Crippen LogP) is -0.0762. The fourth-order valence-electron chi connectivity index (χ4n) is 3.00. The quantitative estimate of drug-likeness (QED) is 0.401. The first kappa shape index (κ1) is 17.8. The Bertz CT molecular complexity index is 575. The molecule has 4 amide bonds. The third kappa shape index (κ3) is 4.04. The van der Waals surface area contributed by atoms with Gasteiger partial charge in [0.05, 0.1) is 13.0 Å². The van der Waals surface area contributed by atoms with Gasteiger partial charge in [-0.2, -0.15) is 0 Å². The minimum atomic E-state index is -0.797. The van der Waals surface area contributed by atoms with Crippen molar-refractivity contribution in [3.63, 3.8) is 0 Å². The number of nitrogens with zero attached hydrogens (tertiary/aromatic N) is 1. The first-order chi connectivity index (χ1) is 11.5. The first-order valence-corrected chi connectivity index (χ1v) is 7.98. The smallest absolute Gasteiger partial charge is 0.325 e. The second-order valence-electron chi connectivity index (χ2n) is 5.92. The van der Waals surface area contributed by atoms with E-state index >= 15 is 0 Å². The van der Waals surface area contributed by atoms with E-state index in [9.17, 15) is 19.2 Å². The zero-order valence-electron chi connectivity index (χ0n) is 13.4. The monoisotopic (exact) mass is 335 g/mol. The van der Waals surface area contributed by atoms with E-state index in [0.717, 1.165) is 24.2 Å². The molecule has 0 aromatic carbocycles. The van der Waals surface area contributed by atoms with E-state index in [1.165, 1.54) is 0 Å². The molecule has 2 N–H and O–H groups in total. The van der Waals surface area contributed by atoms with E-state index in [0.29, 0.717) is 12.8 Å². The molecule has 0 radical (unpaired) electrons. The van der Waals surface area contributed by atoms with Crippen molar-refractivity contribution in [2.45, 2.75) is 44.1 Å². The summed E-state index contributed by atoms with van der Waals surface area (Å²) in [7, 11) is 0. The number of rotatable bonds is 6. The minimum absolute atomic E-state index is 0.0565. The van der Waals surface area contributed by atoms with Gasteiger partial charge in [0.1, 0.15) is 5.54 Å². The summed E-state index contributed by atoms with van der Waals surface area (Å²) in [6.07, 6.45) is 8.95. The molecule has 1 saturated heterocycles. The molecule has 0 aromatic heterocycles. The molecule has 1 aliphatic heterocycles. The average molecular weight is 335 g/mol. The van der Waals surface area contributed by atoms with Crippen LogP contribution < -0.4 is 10.6 Å². The number of nitrogens with one attached hydrogen (secondary N) is 2. The number of hydrogen-bond donors (Lipinski definition) is 2. The molecule has 1 aliphatic carbocycles. The third-order valence-electron chi connectivity index (χ3n) is 4.24. The zero-order chi connectivity index (χ0) is 17.6. The SMILES string of the molecule is C#CCNC(=O)COC(=O)CCN1C(=O)NC2(CCCCC2)C1=O. The Morgan fingerprint density at radius 1 is 1.29 bits per heavy atom. The number of carbonyl (C=O) groups excluding carboxylic acids is 4. The van der Waals surface area contributed by atoms with Crippen LogP contribution in [0.2, 0.25) is 0 Å². The standard InChI is InChI=1S/C16H21N3O5/c1-2-9-17-12(20)11-24-13(21)6-10-19-14(22)16(18-15(19)23)7-4-3-5-8-16/h1H,3-11H2,(H,17,20)(H,18,23). The molecule has 1 heterocycles. The fourth-order valence-corrected chi connectivity index (χ4v) is 3.00. The van der Waals surface area contributed by atoms with Gasteiger partial charge in [0.25, 0.3) is 11.8 Å². The van der Waals surface area contributed by atoms with Gasteiger partial charge in [-0.05, 0) is 12.8 Å². The van der Waals surface area contributed by atoms with E-state index in [-0.39, 0.29) is 25.4 Å². The third-order valence-corrected chi connectivity index (χ3v) is 4.24. The van der Waals surface area contributed by atoms with E-state index in [1.54, 1.807) is 0 Å². The molecule has 130 valence electrons. The largest absolute Gasteiger partial charge is 0.456 e. The molecule has 1 spiro atoms. The van der Waals surface area contributed by atoms with Crippen LogP contribution in [0, 0.1) is 12.3 Å². The highest BCUT2D eigenvalue weighted by atomic mass is 16.5. The summed E-state index contributed by atoms with van der Waals surface area (Å²) in [6.45, 7) is -0.442. The van der Waals surface area contributed by atoms with Gasteiger partial charge < -0.3 is 15.4 Å². The van der Waals surface area contributed by atoms with Crippen molar-refractivity contribution in [2.24, 2.45) is 0 Å². The Kier molecular flexibility index (Phi) is 5.79. The second-order valence-corrected chi connectivity index (χ2v) is 5.92. The van der Waals surface area contributed by atoms with Crippen LogP contribution in [0.5, 0.6) is 0 Å². The second kappa shape index (κ2) is 7.81. The van der Waals surface area contributed by atoms with Crippen LogP contribution in [0.3, 0.4) is 0 Å². The van der Waals surface area contributed by atoms with Crippen molar-refractivity contribution in [1.29, 1.82) is 0 Å². The molecule has 24 heavy (non-hydrogen) atoms. The van der Waals surface area contributed by atoms with Crippen molar-refractivity contribution in [3.8, 4) is 12.3 Å². The van der Waals surface area contributed by atoms with Crippen LogP contribution in [-0.2, 0) is 19.1 Å². The lowest BCUT2D eigenvalue weighted by Gasteiger charge is -2.30. The summed E-state index contributed by atoms with van der Waals surface area (Å²) in [5.74, 6) is 0.795. The van der Waals surface area contributed by atoms with E-state index in [2.05, 4.69) is 16.6 Å². The first-order valence-electron chi connectivity index (χ1n) is 7.98. The normalized spacial score (nSPS) is 18.9. The molecule has 2 aliphatic rings. The van der Waals surface area contributed by atoms with Crippen LogP contribution in [0.15, 0.2) is 0 Å². The van der Waals surface area contributed by atoms with Crippen molar-refractivity contribution in [2.75, 3.05) is 19.7 Å². The number of amides is 4. The van der Waals surface area contributed by atoms with Gasteiger partial charge in [0.2, 0.25) is 0 Å². The number of imide groups is 1. The van der Waals surface area contributed by atoms with E-state index in [1.807, 2.05) is 0 Å². The lowest BCUT2D eigenvalue weighted by molar-refractivity contribution is -0.149. The number of terminal acetylenes is 1. The van der Waals surface area contributed by atoms with E-state index in [4.69, 9.17) is 11.2 Å². The van der Waals surface area contributed by atoms with Crippen molar-refractivity contribution >= 4 is 23.8 Å². The number of esters is 1. The molecule has 0 bridgehead atoms. The van der Waals surface area contributed by atoms with E-state index < -0.39 is 30.1 Å². The van der Waals surface area contributed by atoms with Gasteiger partial charge in [-0.3, -0.25) is 19.3 Å². The van der Waals surface area contributed by atoms with Crippen LogP contribution >= 0.6 is 0 Å². The molecular formula is C16H21N3O5. The summed E-state index contributed by atoms with van der Waals surface area (Å²) in [4.78, 5) is 48.5. The zero-order valence-corrected chi connectivity index (χ0v) is 13.4. The topological polar surface area (TPSA) is 105 Å². The molecule has 0 aromatic rings. The molecule has 8 nitrogen and oxygen atoms in total. The lowest BCUT2D eigenvalue weighted by Crippen LogP contribution is -2.48. The van der Waals surface area contributed by atoms with Gasteiger partial charge in [-0.25, -0.2) is 4.79 Å². The number of urea groups is 1. The highest BCUT2D eigenvalue weighted by Crippen LogP contribution is 2.33. The summed E-state index contributed by atoms with van der Waals surface area (Å²) in [6, 6.07) is -0.471. The molecule has 0 atom stereocenters. The lowest BCUT2D eigenvalue weighted by atomic mass is 9.82.